The van der Waals surface area contributed by atoms with Crippen molar-refractivity contribution in [1.29, 1.82) is 0 Å². The number of rotatable bonds is 6. The molecule has 1 unspecified atom stereocenters. The molecule has 6 rings (SSSR count). The fraction of sp³-hybridized carbons (Fsp3) is 0.333. The fourth-order valence-electron chi connectivity index (χ4n) is 5.17. The monoisotopic (exact) mass is 489 g/mol. The molecule has 0 spiro atoms. The summed E-state index contributed by atoms with van der Waals surface area (Å²) >= 11 is 0. The van der Waals surface area contributed by atoms with Crippen LogP contribution in [0, 0.1) is 18.7 Å². The Hall–Kier alpha value is -3.51. The number of carbonyl (C=O) groups is 2. The molecule has 5 nitrogen and oxygen atoms in total. The molecule has 36 heavy (non-hydrogen) atoms. The van der Waals surface area contributed by atoms with Crippen molar-refractivity contribution in [2.24, 2.45) is 5.92 Å². The summed E-state index contributed by atoms with van der Waals surface area (Å²) in [6.07, 6.45) is 2.11. The molecule has 3 aromatic carbocycles. The summed E-state index contributed by atoms with van der Waals surface area (Å²) in [4.78, 5) is 23.7. The number of nitrogens with one attached hydrogen (secondary N) is 1. The molecule has 3 saturated heterocycles. The van der Waals surface area contributed by atoms with Gasteiger partial charge in [0.15, 0.2) is 6.10 Å². The first-order valence-corrected chi connectivity index (χ1v) is 12.5. The number of halogens is 1. The maximum atomic E-state index is 13.2. The molecule has 0 saturated carbocycles. The molecule has 3 fully saturated rings. The molecule has 3 aromatic rings. The van der Waals surface area contributed by atoms with Crippen LogP contribution in [0.5, 0.6) is 0 Å². The summed E-state index contributed by atoms with van der Waals surface area (Å²) in [5.74, 6) is 0.287. The van der Waals surface area contributed by atoms with Gasteiger partial charge in [-0.25, -0.2) is 4.39 Å². The van der Waals surface area contributed by atoms with Crippen molar-refractivity contribution in [2.75, 3.05) is 31.5 Å². The summed E-state index contributed by atoms with van der Waals surface area (Å²) in [5.41, 5.74) is 3.17. The zero-order chi connectivity index (χ0) is 25.5. The van der Waals surface area contributed by atoms with Gasteiger partial charge in [-0.1, -0.05) is 54.6 Å². The van der Waals surface area contributed by atoms with Crippen LogP contribution >= 0.6 is 0 Å². The number of piperidine rings is 3. The molecule has 0 aromatic heterocycles. The predicted molar refractivity (Wildman–Crippen MR) is 140 cm³/mol. The van der Waals surface area contributed by atoms with Gasteiger partial charge in [-0.05, 0) is 36.8 Å². The molecule has 3 aliphatic heterocycles. The summed E-state index contributed by atoms with van der Waals surface area (Å²) < 4.78 is 19.5. The van der Waals surface area contributed by atoms with Crippen molar-refractivity contribution in [3.05, 3.63) is 95.8 Å². The standard InChI is InChI=1S/C17H22NO3.C13H12FN/c1-13(19)21-17-12-18(9-7-15(17)8-10-18)11-16(20)14-5-3-2-4-6-14;1-10-7-8-12(9-13(10)14)15-11-5-3-2-4-6-11/h2-6,15,17H,7-12H2,1H3;2-9,15H,1H3/q+1;. The normalized spacial score (nSPS) is 22.2. The van der Waals surface area contributed by atoms with Crippen LogP contribution in [0.2, 0.25) is 0 Å². The van der Waals surface area contributed by atoms with Gasteiger partial charge in [-0.2, -0.15) is 0 Å². The zero-order valence-corrected chi connectivity index (χ0v) is 21.0. The van der Waals surface area contributed by atoms with E-state index in [4.69, 9.17) is 4.74 Å². The highest BCUT2D eigenvalue weighted by Crippen LogP contribution is 2.35. The largest absolute Gasteiger partial charge is 0.456 e. The number of benzene rings is 3. The Bertz CT molecular complexity index is 1180. The molecule has 3 heterocycles. The van der Waals surface area contributed by atoms with Crippen LogP contribution in [0.1, 0.15) is 35.7 Å². The molecular weight excluding hydrogens is 455 g/mol. The van der Waals surface area contributed by atoms with Gasteiger partial charge < -0.3 is 14.5 Å². The summed E-state index contributed by atoms with van der Waals surface area (Å²) in [7, 11) is 0. The van der Waals surface area contributed by atoms with Gasteiger partial charge in [0.1, 0.15) is 18.9 Å². The van der Waals surface area contributed by atoms with Crippen LogP contribution in [-0.2, 0) is 9.53 Å². The molecule has 6 heteroatoms. The van der Waals surface area contributed by atoms with Crippen LogP contribution in [0.15, 0.2) is 78.9 Å². The molecule has 0 aliphatic carbocycles. The highest BCUT2D eigenvalue weighted by Gasteiger charge is 2.48. The molecule has 3 aliphatic rings. The van der Waals surface area contributed by atoms with Gasteiger partial charge in [-0.15, -0.1) is 0 Å². The maximum Gasteiger partial charge on any atom is 0.303 e. The number of ether oxygens (including phenoxy) is 1. The number of ketones is 1. The molecule has 1 atom stereocenters. The second kappa shape index (κ2) is 11.5. The second-order valence-corrected chi connectivity index (χ2v) is 9.86. The predicted octanol–water partition coefficient (Wildman–Crippen LogP) is 5.92. The van der Waals surface area contributed by atoms with Crippen LogP contribution in [0.3, 0.4) is 0 Å². The van der Waals surface area contributed by atoms with Gasteiger partial charge in [0, 0.05) is 42.6 Å². The topological polar surface area (TPSA) is 55.4 Å². The zero-order valence-electron chi connectivity index (χ0n) is 21.0. The third-order valence-electron chi connectivity index (χ3n) is 7.17. The number of hydrogen-bond donors (Lipinski definition) is 1. The Morgan fingerprint density at radius 3 is 2.19 bits per heavy atom. The van der Waals surface area contributed by atoms with Gasteiger partial charge >= 0.3 is 5.97 Å². The average molecular weight is 490 g/mol. The first-order valence-electron chi connectivity index (χ1n) is 12.5. The van der Waals surface area contributed by atoms with Crippen LogP contribution in [0.4, 0.5) is 15.8 Å². The van der Waals surface area contributed by atoms with Crippen molar-refractivity contribution in [3.63, 3.8) is 0 Å². The Labute approximate surface area is 212 Å². The summed E-state index contributed by atoms with van der Waals surface area (Å²) in [6, 6.07) is 24.3. The number of nitrogens with zero attached hydrogens (tertiary/aromatic N) is 1. The molecule has 2 bridgehead atoms. The quantitative estimate of drug-likeness (QED) is 0.265. The Morgan fingerprint density at radius 2 is 1.58 bits per heavy atom. The van der Waals surface area contributed by atoms with Crippen molar-refractivity contribution in [3.8, 4) is 0 Å². The van der Waals surface area contributed by atoms with Crippen molar-refractivity contribution in [1.82, 2.24) is 0 Å². The minimum atomic E-state index is -0.207. The minimum absolute atomic E-state index is 0.00595. The molecule has 1 N–H and O–H groups in total. The number of fused-ring (bicyclic) bond motifs is 3. The van der Waals surface area contributed by atoms with E-state index in [2.05, 4.69) is 5.32 Å². The first kappa shape index (κ1) is 25.6. The van der Waals surface area contributed by atoms with Crippen LogP contribution < -0.4 is 5.32 Å². The van der Waals surface area contributed by atoms with E-state index in [0.717, 1.165) is 53.9 Å². The Kier molecular flexibility index (Phi) is 8.16. The number of para-hydroxylation sites is 1. The van der Waals surface area contributed by atoms with E-state index >= 15 is 0 Å². The average Bonchev–Trinajstić information content (AvgIpc) is 2.88. The van der Waals surface area contributed by atoms with Crippen LogP contribution in [-0.4, -0.2) is 48.5 Å². The van der Waals surface area contributed by atoms with E-state index in [9.17, 15) is 14.0 Å². The molecule has 0 amide bonds. The van der Waals surface area contributed by atoms with Gasteiger partial charge in [-0.3, -0.25) is 9.59 Å². The smallest absolute Gasteiger partial charge is 0.303 e. The number of esters is 1. The maximum absolute atomic E-state index is 13.2. The number of quaternary nitrogens is 1. The number of anilines is 2. The number of hydrogen-bond acceptors (Lipinski definition) is 4. The van der Waals surface area contributed by atoms with Crippen molar-refractivity contribution < 1.29 is 23.2 Å². The van der Waals surface area contributed by atoms with Crippen molar-refractivity contribution >= 4 is 23.1 Å². The summed E-state index contributed by atoms with van der Waals surface area (Å²) in [5, 5.41) is 3.13. The van der Waals surface area contributed by atoms with E-state index in [-0.39, 0.29) is 23.7 Å². The fourth-order valence-corrected chi connectivity index (χ4v) is 5.17. The second-order valence-electron chi connectivity index (χ2n) is 9.86. The number of aryl methyl sites for hydroxylation is 1. The SMILES string of the molecule is CC(=O)OC1C[N+]2(CC(=O)c3ccccc3)CCC1CC2.Cc1ccc(Nc2ccccc2)cc1F. The van der Waals surface area contributed by atoms with E-state index in [0.29, 0.717) is 18.0 Å². The Balaban J connectivity index is 0.000000179. The number of carbonyl (C=O) groups excluding carboxylic acids is 2. The Morgan fingerprint density at radius 1 is 0.944 bits per heavy atom. The highest BCUT2D eigenvalue weighted by atomic mass is 19.1. The number of Topliss-reactive ketones (excluding diaryl/α,β-unsaturated/α-hetero) is 1. The molecule has 0 radical (unpaired) electrons. The van der Waals surface area contributed by atoms with E-state index in [1.54, 1.807) is 13.0 Å². The van der Waals surface area contributed by atoms with E-state index in [1.807, 2.05) is 66.7 Å². The molecular formula is C30H34FN2O3+. The lowest BCUT2D eigenvalue weighted by Crippen LogP contribution is -2.65. The lowest BCUT2D eigenvalue weighted by molar-refractivity contribution is -0.938. The third kappa shape index (κ3) is 6.58. The first-order chi connectivity index (χ1) is 17.3. The molecule has 188 valence electrons. The van der Waals surface area contributed by atoms with Crippen molar-refractivity contribution in [2.45, 2.75) is 32.8 Å². The minimum Gasteiger partial charge on any atom is -0.456 e. The van der Waals surface area contributed by atoms with E-state index < -0.39 is 0 Å². The lowest BCUT2D eigenvalue weighted by atomic mass is 9.83. The van der Waals surface area contributed by atoms with Crippen LogP contribution in [0.25, 0.3) is 0 Å². The van der Waals surface area contributed by atoms with Gasteiger partial charge in [0.05, 0.1) is 13.1 Å². The van der Waals surface area contributed by atoms with Gasteiger partial charge in [0.25, 0.3) is 0 Å². The lowest BCUT2D eigenvalue weighted by Gasteiger charge is -2.51. The van der Waals surface area contributed by atoms with E-state index in [1.165, 1.54) is 13.0 Å². The summed E-state index contributed by atoms with van der Waals surface area (Å²) in [6.45, 7) is 6.60. The highest BCUT2D eigenvalue weighted by molar-refractivity contribution is 5.96. The van der Waals surface area contributed by atoms with Gasteiger partial charge in [0.2, 0.25) is 5.78 Å². The third-order valence-corrected chi connectivity index (χ3v) is 7.17.